The zero-order chi connectivity index (χ0) is 19.2. The number of aliphatic imine (C=N–C) groups is 1. The van der Waals surface area contributed by atoms with Crippen molar-refractivity contribution < 1.29 is 9.53 Å². The third-order valence-electron chi connectivity index (χ3n) is 6.28. The van der Waals surface area contributed by atoms with Crippen LogP contribution in [0.3, 0.4) is 0 Å². The number of likely N-dealkylation sites (tertiary alicyclic amines) is 1. The second-order valence-electron chi connectivity index (χ2n) is 8.17. The molecule has 0 aromatic carbocycles. The summed E-state index contributed by atoms with van der Waals surface area (Å²) in [6.45, 7) is 10.6. The summed E-state index contributed by atoms with van der Waals surface area (Å²) < 4.78 is 5.55. The molecule has 7 heteroatoms. The number of guanidine groups is 1. The zero-order valence-electron chi connectivity index (χ0n) is 17.3. The Morgan fingerprint density at radius 3 is 2.48 bits per heavy atom. The summed E-state index contributed by atoms with van der Waals surface area (Å²) in [7, 11) is 1.85. The molecule has 0 aromatic heterocycles. The van der Waals surface area contributed by atoms with Crippen LogP contribution in [0.2, 0.25) is 0 Å². The Morgan fingerprint density at radius 2 is 1.85 bits per heavy atom. The monoisotopic (exact) mass is 379 g/mol. The van der Waals surface area contributed by atoms with Crippen molar-refractivity contribution >= 4 is 11.9 Å². The number of nitrogens with one attached hydrogen (secondary N) is 1. The molecule has 3 unspecified atom stereocenters. The fourth-order valence-corrected chi connectivity index (χ4v) is 4.58. The van der Waals surface area contributed by atoms with Gasteiger partial charge in [0.05, 0.1) is 0 Å². The molecule has 0 bridgehead atoms. The summed E-state index contributed by atoms with van der Waals surface area (Å²) in [5.41, 5.74) is 0. The Labute approximate surface area is 164 Å². The van der Waals surface area contributed by atoms with Gasteiger partial charge < -0.3 is 19.9 Å². The van der Waals surface area contributed by atoms with Gasteiger partial charge in [0.1, 0.15) is 6.10 Å². The van der Waals surface area contributed by atoms with Crippen LogP contribution in [-0.2, 0) is 9.53 Å². The minimum Gasteiger partial charge on any atom is -0.368 e. The van der Waals surface area contributed by atoms with E-state index >= 15 is 0 Å². The van der Waals surface area contributed by atoms with Crippen molar-refractivity contribution in [2.45, 2.75) is 64.1 Å². The van der Waals surface area contributed by atoms with Crippen LogP contribution in [0.4, 0.5) is 0 Å². The molecule has 3 fully saturated rings. The minimum absolute atomic E-state index is 0.169. The Morgan fingerprint density at radius 1 is 1.11 bits per heavy atom. The number of carbonyl (C=O) groups is 1. The van der Waals surface area contributed by atoms with E-state index in [-0.39, 0.29) is 12.0 Å². The van der Waals surface area contributed by atoms with E-state index in [1.54, 1.807) is 0 Å². The van der Waals surface area contributed by atoms with Crippen molar-refractivity contribution in [1.82, 2.24) is 20.0 Å². The summed E-state index contributed by atoms with van der Waals surface area (Å²) >= 11 is 0. The predicted molar refractivity (Wildman–Crippen MR) is 108 cm³/mol. The highest BCUT2D eigenvalue weighted by Gasteiger charge is 2.31. The van der Waals surface area contributed by atoms with Crippen molar-refractivity contribution in [3.63, 3.8) is 0 Å². The van der Waals surface area contributed by atoms with Crippen molar-refractivity contribution in [2.75, 3.05) is 52.9 Å². The molecule has 1 N–H and O–H groups in total. The van der Waals surface area contributed by atoms with Gasteiger partial charge >= 0.3 is 0 Å². The number of nitrogens with zero attached hydrogens (tertiary/aromatic N) is 4. The number of hydrogen-bond acceptors (Lipinski definition) is 4. The van der Waals surface area contributed by atoms with E-state index < -0.39 is 0 Å². The van der Waals surface area contributed by atoms with Gasteiger partial charge in [-0.2, -0.15) is 0 Å². The molecule has 0 aliphatic carbocycles. The van der Waals surface area contributed by atoms with Crippen LogP contribution in [0.25, 0.3) is 0 Å². The van der Waals surface area contributed by atoms with Crippen molar-refractivity contribution in [3.05, 3.63) is 0 Å². The van der Waals surface area contributed by atoms with Gasteiger partial charge in [-0.05, 0) is 46.1 Å². The van der Waals surface area contributed by atoms with Crippen molar-refractivity contribution in [2.24, 2.45) is 4.99 Å². The maximum absolute atomic E-state index is 12.5. The summed E-state index contributed by atoms with van der Waals surface area (Å²) in [6.07, 6.45) is 5.63. The highest BCUT2D eigenvalue weighted by Crippen LogP contribution is 2.19. The fraction of sp³-hybridized carbons (Fsp3) is 0.900. The summed E-state index contributed by atoms with van der Waals surface area (Å²) in [5, 5.41) is 3.56. The molecule has 154 valence electrons. The number of hydrogen-bond donors (Lipinski definition) is 1. The topological polar surface area (TPSA) is 60.4 Å². The lowest BCUT2D eigenvalue weighted by Gasteiger charge is -2.40. The van der Waals surface area contributed by atoms with E-state index in [9.17, 15) is 4.79 Å². The van der Waals surface area contributed by atoms with Crippen LogP contribution >= 0.6 is 0 Å². The second kappa shape index (κ2) is 9.73. The average molecular weight is 380 g/mol. The highest BCUT2D eigenvalue weighted by atomic mass is 16.5. The molecular weight excluding hydrogens is 342 g/mol. The van der Waals surface area contributed by atoms with Crippen LogP contribution in [0.15, 0.2) is 4.99 Å². The molecule has 0 spiro atoms. The lowest BCUT2D eigenvalue weighted by Crippen LogP contribution is -2.56. The normalized spacial score (nSPS) is 29.1. The van der Waals surface area contributed by atoms with Gasteiger partial charge in [-0.15, -0.1) is 0 Å². The molecule has 0 radical (unpaired) electrons. The van der Waals surface area contributed by atoms with Crippen molar-refractivity contribution in [3.8, 4) is 0 Å². The van der Waals surface area contributed by atoms with Crippen LogP contribution in [0.5, 0.6) is 0 Å². The standard InChI is InChI=1S/C20H37N5O2/c1-16-7-4-5-9-25(16)17(2)15-22-20(21-3)24-12-10-23(11-13-24)19(26)18-8-6-14-27-18/h16-18H,4-15H2,1-3H3,(H,21,22). The van der Waals surface area contributed by atoms with E-state index in [1.165, 1.54) is 25.8 Å². The smallest absolute Gasteiger partial charge is 0.251 e. The first-order chi connectivity index (χ1) is 13.1. The summed E-state index contributed by atoms with van der Waals surface area (Å²) in [6, 6.07) is 1.17. The van der Waals surface area contributed by atoms with E-state index in [0.29, 0.717) is 12.1 Å². The van der Waals surface area contributed by atoms with Gasteiger partial charge in [-0.25, -0.2) is 0 Å². The van der Waals surface area contributed by atoms with Gasteiger partial charge in [-0.1, -0.05) is 6.42 Å². The molecular formula is C20H37N5O2. The molecule has 3 heterocycles. The Kier molecular flexibility index (Phi) is 7.35. The lowest BCUT2D eigenvalue weighted by molar-refractivity contribution is -0.142. The minimum atomic E-state index is -0.207. The molecule has 3 atom stereocenters. The fourth-order valence-electron chi connectivity index (χ4n) is 4.58. The Hall–Kier alpha value is -1.34. The zero-order valence-corrected chi connectivity index (χ0v) is 17.3. The molecule has 3 saturated heterocycles. The largest absolute Gasteiger partial charge is 0.368 e. The number of ether oxygens (including phenoxy) is 1. The van der Waals surface area contributed by atoms with Gasteiger partial charge in [-0.3, -0.25) is 14.7 Å². The maximum Gasteiger partial charge on any atom is 0.251 e. The predicted octanol–water partition coefficient (Wildman–Crippen LogP) is 1.15. The highest BCUT2D eigenvalue weighted by molar-refractivity contribution is 5.82. The Bertz CT molecular complexity index is 513. The van der Waals surface area contributed by atoms with Gasteiger partial charge in [0.25, 0.3) is 5.91 Å². The Balaban J connectivity index is 1.44. The first-order valence-corrected chi connectivity index (χ1v) is 10.7. The SMILES string of the molecule is CN=C(NCC(C)N1CCCCC1C)N1CCN(C(=O)C2CCCO2)CC1. The second-order valence-corrected chi connectivity index (χ2v) is 8.17. The molecule has 3 aliphatic heterocycles. The average Bonchev–Trinajstić information content (AvgIpc) is 3.23. The number of piperidine rings is 1. The number of carbonyl (C=O) groups excluding carboxylic acids is 1. The summed E-state index contributed by atoms with van der Waals surface area (Å²) in [4.78, 5) is 23.8. The molecule has 1 amide bonds. The number of piperazine rings is 1. The number of rotatable bonds is 4. The maximum atomic E-state index is 12.5. The molecule has 0 saturated carbocycles. The third kappa shape index (κ3) is 5.13. The number of amides is 1. The van der Waals surface area contributed by atoms with E-state index in [0.717, 1.165) is 58.1 Å². The third-order valence-corrected chi connectivity index (χ3v) is 6.28. The van der Waals surface area contributed by atoms with Crippen molar-refractivity contribution in [1.29, 1.82) is 0 Å². The molecule has 27 heavy (non-hydrogen) atoms. The van der Waals surface area contributed by atoms with Gasteiger partial charge in [0, 0.05) is 58.5 Å². The van der Waals surface area contributed by atoms with Gasteiger partial charge in [0.15, 0.2) is 5.96 Å². The molecule has 3 aliphatic rings. The summed E-state index contributed by atoms with van der Waals surface area (Å²) in [5.74, 6) is 1.12. The van der Waals surface area contributed by atoms with Crippen LogP contribution in [0.1, 0.15) is 46.0 Å². The van der Waals surface area contributed by atoms with Crippen LogP contribution in [0, 0.1) is 0 Å². The molecule has 3 rings (SSSR count). The lowest BCUT2D eigenvalue weighted by atomic mass is 10.0. The van der Waals surface area contributed by atoms with Crippen LogP contribution in [-0.4, -0.2) is 97.7 Å². The van der Waals surface area contributed by atoms with E-state index in [4.69, 9.17) is 4.74 Å². The van der Waals surface area contributed by atoms with E-state index in [2.05, 4.69) is 34.0 Å². The molecule has 7 nitrogen and oxygen atoms in total. The first kappa shape index (κ1) is 20.4. The molecule has 0 aromatic rings. The first-order valence-electron chi connectivity index (χ1n) is 10.7. The van der Waals surface area contributed by atoms with E-state index in [1.807, 2.05) is 11.9 Å². The quantitative estimate of drug-likeness (QED) is 0.586. The van der Waals surface area contributed by atoms with Gasteiger partial charge in [0.2, 0.25) is 0 Å². The van der Waals surface area contributed by atoms with Crippen LogP contribution < -0.4 is 5.32 Å².